The van der Waals surface area contributed by atoms with Crippen molar-refractivity contribution in [1.82, 2.24) is 5.32 Å². The molecule has 0 unspecified atom stereocenters. The van der Waals surface area contributed by atoms with Crippen molar-refractivity contribution in [2.24, 2.45) is 5.41 Å². The number of nitrogens with one attached hydrogen (secondary N) is 1. The molecule has 1 N–H and O–H groups in total. The number of thiophene rings is 1. The standard InChI is InChI=1S/C14H21NOS2/c1-13(2,11-4-3-7-18-11)9-15-12(16)8-14(10-17)5-6-14/h3-4,7,17H,5-6,8-10H2,1-2H3,(H,15,16). The Labute approximate surface area is 119 Å². The molecule has 0 saturated heterocycles. The second-order valence-electron chi connectivity index (χ2n) is 5.97. The quantitative estimate of drug-likeness (QED) is 0.771. The van der Waals surface area contributed by atoms with E-state index >= 15 is 0 Å². The lowest BCUT2D eigenvalue weighted by Gasteiger charge is -2.24. The van der Waals surface area contributed by atoms with Gasteiger partial charge in [0.2, 0.25) is 5.91 Å². The minimum Gasteiger partial charge on any atom is -0.355 e. The van der Waals surface area contributed by atoms with E-state index < -0.39 is 0 Å². The highest BCUT2D eigenvalue weighted by molar-refractivity contribution is 7.80. The summed E-state index contributed by atoms with van der Waals surface area (Å²) in [6.07, 6.45) is 2.94. The summed E-state index contributed by atoms with van der Waals surface area (Å²) in [5.74, 6) is 1.00. The molecular formula is C14H21NOS2. The lowest BCUT2D eigenvalue weighted by molar-refractivity contribution is -0.122. The second kappa shape index (κ2) is 5.25. The molecule has 1 fully saturated rings. The van der Waals surface area contributed by atoms with E-state index in [2.05, 4.69) is 49.3 Å². The molecule has 1 aliphatic rings. The molecule has 4 heteroatoms. The zero-order valence-electron chi connectivity index (χ0n) is 11.0. The molecule has 1 aliphatic carbocycles. The number of rotatable bonds is 6. The van der Waals surface area contributed by atoms with Crippen LogP contribution in [0, 0.1) is 5.41 Å². The average molecular weight is 283 g/mol. The van der Waals surface area contributed by atoms with E-state index in [1.807, 2.05) is 0 Å². The van der Waals surface area contributed by atoms with E-state index in [1.165, 1.54) is 4.88 Å². The maximum absolute atomic E-state index is 11.9. The van der Waals surface area contributed by atoms with Crippen molar-refractivity contribution in [2.75, 3.05) is 12.3 Å². The molecule has 0 radical (unpaired) electrons. The predicted octanol–water partition coefficient (Wildman–Crippen LogP) is 3.24. The van der Waals surface area contributed by atoms with Crippen molar-refractivity contribution in [1.29, 1.82) is 0 Å². The maximum Gasteiger partial charge on any atom is 0.220 e. The van der Waals surface area contributed by atoms with Crippen LogP contribution in [0.1, 0.15) is 38.0 Å². The second-order valence-corrected chi connectivity index (χ2v) is 7.24. The first-order chi connectivity index (χ1) is 8.47. The van der Waals surface area contributed by atoms with Crippen molar-refractivity contribution >= 4 is 29.9 Å². The van der Waals surface area contributed by atoms with Gasteiger partial charge in [-0.15, -0.1) is 11.3 Å². The highest BCUT2D eigenvalue weighted by Gasteiger charge is 2.42. The van der Waals surface area contributed by atoms with Crippen molar-refractivity contribution in [3.63, 3.8) is 0 Å². The molecule has 1 saturated carbocycles. The molecule has 1 heterocycles. The SMILES string of the molecule is CC(C)(CNC(=O)CC1(CS)CC1)c1cccs1. The minimum atomic E-state index is 0.0154. The molecule has 2 nitrogen and oxygen atoms in total. The van der Waals surface area contributed by atoms with E-state index in [9.17, 15) is 4.79 Å². The lowest BCUT2D eigenvalue weighted by Crippen LogP contribution is -2.37. The smallest absolute Gasteiger partial charge is 0.220 e. The number of amides is 1. The van der Waals surface area contributed by atoms with Crippen molar-refractivity contribution in [3.05, 3.63) is 22.4 Å². The highest BCUT2D eigenvalue weighted by Crippen LogP contribution is 2.49. The van der Waals surface area contributed by atoms with Gasteiger partial charge in [-0.2, -0.15) is 12.6 Å². The molecule has 0 atom stereocenters. The van der Waals surface area contributed by atoms with Gasteiger partial charge < -0.3 is 5.32 Å². The van der Waals surface area contributed by atoms with Crippen LogP contribution in [0.15, 0.2) is 17.5 Å². The first-order valence-corrected chi connectivity index (χ1v) is 7.90. The monoisotopic (exact) mass is 283 g/mol. The average Bonchev–Trinajstić information content (AvgIpc) is 2.89. The van der Waals surface area contributed by atoms with Crippen LogP contribution in [0.3, 0.4) is 0 Å². The Hall–Kier alpha value is -0.480. The zero-order chi connectivity index (χ0) is 13.2. The maximum atomic E-state index is 11.9. The van der Waals surface area contributed by atoms with E-state index in [-0.39, 0.29) is 16.7 Å². The third-order valence-corrected chi connectivity index (χ3v) is 5.65. The number of hydrogen-bond acceptors (Lipinski definition) is 3. The summed E-state index contributed by atoms with van der Waals surface area (Å²) in [6, 6.07) is 4.19. The molecule has 0 spiro atoms. The topological polar surface area (TPSA) is 29.1 Å². The summed E-state index contributed by atoms with van der Waals surface area (Å²) in [6.45, 7) is 5.05. The Morgan fingerprint density at radius 3 is 2.78 bits per heavy atom. The van der Waals surface area contributed by atoms with Crippen LogP contribution < -0.4 is 5.32 Å². The molecule has 1 aromatic rings. The number of thiol groups is 1. The van der Waals surface area contributed by atoms with Gasteiger partial charge in [0.05, 0.1) is 0 Å². The van der Waals surface area contributed by atoms with Crippen molar-refractivity contribution in [3.8, 4) is 0 Å². The molecule has 100 valence electrons. The normalized spacial score (nSPS) is 17.5. The fraction of sp³-hybridized carbons (Fsp3) is 0.643. The summed E-state index contributed by atoms with van der Waals surface area (Å²) < 4.78 is 0. The Bertz CT molecular complexity index is 407. The summed E-state index contributed by atoms with van der Waals surface area (Å²) in [4.78, 5) is 13.2. The Kier molecular flexibility index (Phi) is 4.07. The van der Waals surface area contributed by atoms with Gasteiger partial charge in [0.15, 0.2) is 0 Å². The molecule has 2 rings (SSSR count). The molecular weight excluding hydrogens is 262 g/mol. The van der Waals surface area contributed by atoms with Gasteiger partial charge in [0.1, 0.15) is 0 Å². The van der Waals surface area contributed by atoms with Crippen LogP contribution in [-0.2, 0) is 10.2 Å². The van der Waals surface area contributed by atoms with Gasteiger partial charge in [-0.3, -0.25) is 4.79 Å². The third kappa shape index (κ3) is 3.29. The zero-order valence-corrected chi connectivity index (χ0v) is 12.7. The summed E-state index contributed by atoms with van der Waals surface area (Å²) in [7, 11) is 0. The number of carbonyl (C=O) groups excluding carboxylic acids is 1. The molecule has 1 aromatic heterocycles. The van der Waals surface area contributed by atoms with Crippen molar-refractivity contribution in [2.45, 2.75) is 38.5 Å². The Morgan fingerprint density at radius 2 is 2.28 bits per heavy atom. The summed E-state index contributed by atoms with van der Waals surface area (Å²) in [5, 5.41) is 5.16. The molecule has 1 amide bonds. The highest BCUT2D eigenvalue weighted by atomic mass is 32.1. The van der Waals surface area contributed by atoms with Gasteiger partial charge in [0.25, 0.3) is 0 Å². The van der Waals surface area contributed by atoms with Crippen LogP contribution >= 0.6 is 24.0 Å². The van der Waals surface area contributed by atoms with E-state index in [1.54, 1.807) is 11.3 Å². The van der Waals surface area contributed by atoms with Gasteiger partial charge in [-0.05, 0) is 35.5 Å². The Morgan fingerprint density at radius 1 is 1.56 bits per heavy atom. The summed E-state index contributed by atoms with van der Waals surface area (Å²) >= 11 is 6.08. The fourth-order valence-electron chi connectivity index (χ4n) is 2.04. The van der Waals surface area contributed by atoms with E-state index in [0.717, 1.165) is 18.6 Å². The molecule has 0 bridgehead atoms. The lowest BCUT2D eigenvalue weighted by atomic mass is 9.91. The van der Waals surface area contributed by atoms with E-state index in [4.69, 9.17) is 0 Å². The first-order valence-electron chi connectivity index (χ1n) is 6.39. The number of hydrogen-bond donors (Lipinski definition) is 2. The largest absolute Gasteiger partial charge is 0.355 e. The third-order valence-electron chi connectivity index (χ3n) is 3.74. The molecule has 0 aliphatic heterocycles. The van der Waals surface area contributed by atoms with Gasteiger partial charge >= 0.3 is 0 Å². The van der Waals surface area contributed by atoms with Gasteiger partial charge in [0, 0.05) is 23.3 Å². The molecule has 0 aromatic carbocycles. The van der Waals surface area contributed by atoms with Crippen LogP contribution in [0.4, 0.5) is 0 Å². The molecule has 18 heavy (non-hydrogen) atoms. The Balaban J connectivity index is 1.82. The van der Waals surface area contributed by atoms with Gasteiger partial charge in [-0.25, -0.2) is 0 Å². The first kappa shape index (κ1) is 13.9. The van der Waals surface area contributed by atoms with Gasteiger partial charge in [-0.1, -0.05) is 19.9 Å². The van der Waals surface area contributed by atoms with Crippen LogP contribution in [0.25, 0.3) is 0 Å². The van der Waals surface area contributed by atoms with Crippen LogP contribution in [-0.4, -0.2) is 18.2 Å². The fourth-order valence-corrected chi connectivity index (χ4v) is 3.32. The summed E-state index contributed by atoms with van der Waals surface area (Å²) in [5.41, 5.74) is 0.224. The minimum absolute atomic E-state index is 0.0154. The predicted molar refractivity (Wildman–Crippen MR) is 80.5 cm³/mol. The van der Waals surface area contributed by atoms with Crippen LogP contribution in [0.2, 0.25) is 0 Å². The van der Waals surface area contributed by atoms with Crippen molar-refractivity contribution < 1.29 is 4.79 Å². The van der Waals surface area contributed by atoms with Crippen LogP contribution in [0.5, 0.6) is 0 Å². The van der Waals surface area contributed by atoms with E-state index in [0.29, 0.717) is 13.0 Å². The number of carbonyl (C=O) groups is 1.